The van der Waals surface area contributed by atoms with E-state index in [2.05, 4.69) is 24.7 Å². The molecule has 1 aromatic rings. The predicted octanol–water partition coefficient (Wildman–Crippen LogP) is 0.724. The number of rotatable bonds is 6. The van der Waals surface area contributed by atoms with Gasteiger partial charge in [0.05, 0.1) is 25.6 Å². The van der Waals surface area contributed by atoms with Crippen molar-refractivity contribution in [3.05, 3.63) is 33.9 Å². The van der Waals surface area contributed by atoms with E-state index in [-0.39, 0.29) is 5.69 Å². The topological polar surface area (TPSA) is 71.6 Å². The maximum Gasteiger partial charge on any atom is 0.274 e. The van der Waals surface area contributed by atoms with Crippen LogP contribution in [0.4, 0.5) is 11.4 Å². The first-order valence-electron chi connectivity index (χ1n) is 6.49. The maximum atomic E-state index is 10.9. The van der Waals surface area contributed by atoms with Crippen LogP contribution in [-0.2, 0) is 0 Å². The lowest BCUT2D eigenvalue weighted by molar-refractivity contribution is -0.858. The number of hydrogen-bond acceptors (Lipinski definition) is 3. The van der Waals surface area contributed by atoms with E-state index in [4.69, 9.17) is 12.2 Å². The first-order chi connectivity index (χ1) is 9.40. The molecule has 0 fully saturated rings. The Morgan fingerprint density at radius 3 is 2.75 bits per heavy atom. The fourth-order valence-electron chi connectivity index (χ4n) is 1.70. The fraction of sp³-hybridized carbons (Fsp3) is 0.462. The van der Waals surface area contributed by atoms with Gasteiger partial charge in [0.25, 0.3) is 5.69 Å². The van der Waals surface area contributed by atoms with Crippen molar-refractivity contribution in [1.82, 2.24) is 5.32 Å². The molecular weight excluding hydrogens is 276 g/mol. The van der Waals surface area contributed by atoms with Crippen molar-refractivity contribution in [3.8, 4) is 0 Å². The van der Waals surface area contributed by atoms with Gasteiger partial charge in [-0.2, -0.15) is 0 Å². The van der Waals surface area contributed by atoms with E-state index in [0.717, 1.165) is 19.5 Å². The monoisotopic (exact) mass is 297 g/mol. The second-order valence-corrected chi connectivity index (χ2v) is 5.36. The molecule has 110 valence electrons. The summed E-state index contributed by atoms with van der Waals surface area (Å²) in [6.45, 7) is 3.55. The van der Waals surface area contributed by atoms with E-state index in [1.165, 1.54) is 11.0 Å². The van der Waals surface area contributed by atoms with Crippen molar-refractivity contribution in [2.75, 3.05) is 32.5 Å². The lowest BCUT2D eigenvalue weighted by Gasteiger charge is -2.11. The SMILES string of the molecule is Cc1ccc(NC(=S)NCCC[NH+](C)C)cc1[N+](=O)[O-]. The van der Waals surface area contributed by atoms with Crippen LogP contribution >= 0.6 is 12.2 Å². The van der Waals surface area contributed by atoms with Gasteiger partial charge in [-0.15, -0.1) is 0 Å². The minimum Gasteiger partial charge on any atom is -0.362 e. The summed E-state index contributed by atoms with van der Waals surface area (Å²) in [5.41, 5.74) is 1.35. The number of benzene rings is 1. The summed E-state index contributed by atoms with van der Waals surface area (Å²) >= 11 is 5.16. The molecule has 0 aromatic heterocycles. The van der Waals surface area contributed by atoms with Crippen molar-refractivity contribution in [1.29, 1.82) is 0 Å². The third-order valence-corrected chi connectivity index (χ3v) is 3.05. The van der Waals surface area contributed by atoms with Gasteiger partial charge in [-0.05, 0) is 25.2 Å². The van der Waals surface area contributed by atoms with E-state index in [1.54, 1.807) is 19.1 Å². The summed E-state index contributed by atoms with van der Waals surface area (Å²) in [6.07, 6.45) is 1.01. The zero-order chi connectivity index (χ0) is 15.1. The van der Waals surface area contributed by atoms with Crippen molar-refractivity contribution >= 4 is 28.7 Å². The Balaban J connectivity index is 2.50. The number of hydrogen-bond donors (Lipinski definition) is 3. The molecule has 0 atom stereocenters. The summed E-state index contributed by atoms with van der Waals surface area (Å²) in [5, 5.41) is 17.4. The molecule has 0 amide bonds. The van der Waals surface area contributed by atoms with Crippen LogP contribution in [0.3, 0.4) is 0 Å². The van der Waals surface area contributed by atoms with E-state index >= 15 is 0 Å². The number of nitrogens with zero attached hydrogens (tertiary/aromatic N) is 1. The highest BCUT2D eigenvalue weighted by Gasteiger charge is 2.11. The fourth-order valence-corrected chi connectivity index (χ4v) is 1.92. The maximum absolute atomic E-state index is 10.9. The standard InChI is InChI=1S/C13H20N4O2S/c1-10-5-6-11(9-12(10)17(18)19)15-13(20)14-7-4-8-16(2)3/h5-6,9H,4,7-8H2,1-3H3,(H2,14,15,20)/p+1. The van der Waals surface area contributed by atoms with Gasteiger partial charge in [-0.1, -0.05) is 6.07 Å². The van der Waals surface area contributed by atoms with Gasteiger partial charge in [0.15, 0.2) is 5.11 Å². The molecule has 0 saturated carbocycles. The molecular formula is C13H21N4O2S+. The Labute approximate surface area is 124 Å². The van der Waals surface area contributed by atoms with E-state index < -0.39 is 4.92 Å². The molecule has 0 spiro atoms. The van der Waals surface area contributed by atoms with Crippen molar-refractivity contribution in [2.24, 2.45) is 0 Å². The van der Waals surface area contributed by atoms with E-state index in [1.807, 2.05) is 0 Å². The van der Waals surface area contributed by atoms with Crippen LogP contribution in [0.1, 0.15) is 12.0 Å². The second-order valence-electron chi connectivity index (χ2n) is 4.95. The van der Waals surface area contributed by atoms with Crippen LogP contribution in [0.15, 0.2) is 18.2 Å². The smallest absolute Gasteiger partial charge is 0.274 e. The zero-order valence-corrected chi connectivity index (χ0v) is 12.8. The predicted molar refractivity (Wildman–Crippen MR) is 84.4 cm³/mol. The minimum atomic E-state index is -0.392. The highest BCUT2D eigenvalue weighted by molar-refractivity contribution is 7.80. The van der Waals surface area contributed by atoms with Crippen LogP contribution in [-0.4, -0.2) is 37.2 Å². The number of thiocarbonyl (C=S) groups is 1. The third kappa shape index (κ3) is 5.50. The molecule has 0 aliphatic rings. The number of aryl methyl sites for hydroxylation is 1. The third-order valence-electron chi connectivity index (χ3n) is 2.80. The molecule has 0 unspecified atom stereocenters. The van der Waals surface area contributed by atoms with Crippen LogP contribution in [0, 0.1) is 17.0 Å². The van der Waals surface area contributed by atoms with Gasteiger partial charge in [0.1, 0.15) is 0 Å². The first kappa shape index (κ1) is 16.3. The van der Waals surface area contributed by atoms with Crippen molar-refractivity contribution in [3.63, 3.8) is 0 Å². The summed E-state index contributed by atoms with van der Waals surface area (Å²) in [7, 11) is 4.20. The van der Waals surface area contributed by atoms with Crippen LogP contribution in [0.25, 0.3) is 0 Å². The summed E-state index contributed by atoms with van der Waals surface area (Å²) < 4.78 is 0. The Kier molecular flexibility index (Phi) is 6.33. The molecule has 0 heterocycles. The molecule has 1 aromatic carbocycles. The van der Waals surface area contributed by atoms with Gasteiger partial charge in [-0.25, -0.2) is 0 Å². The highest BCUT2D eigenvalue weighted by atomic mass is 32.1. The highest BCUT2D eigenvalue weighted by Crippen LogP contribution is 2.22. The average molecular weight is 297 g/mol. The van der Waals surface area contributed by atoms with Crippen molar-refractivity contribution < 1.29 is 9.82 Å². The normalized spacial score (nSPS) is 10.4. The van der Waals surface area contributed by atoms with Gasteiger partial charge in [-0.3, -0.25) is 10.1 Å². The molecule has 20 heavy (non-hydrogen) atoms. The minimum absolute atomic E-state index is 0.0917. The summed E-state index contributed by atoms with van der Waals surface area (Å²) in [5.74, 6) is 0. The molecule has 0 saturated heterocycles. The van der Waals surface area contributed by atoms with Crippen LogP contribution in [0.2, 0.25) is 0 Å². The Morgan fingerprint density at radius 2 is 2.15 bits per heavy atom. The molecule has 6 nitrogen and oxygen atoms in total. The molecule has 7 heteroatoms. The number of nitro benzene ring substituents is 1. The molecule has 0 aliphatic heterocycles. The van der Waals surface area contributed by atoms with Crippen molar-refractivity contribution in [2.45, 2.75) is 13.3 Å². The van der Waals surface area contributed by atoms with Gasteiger partial charge in [0, 0.05) is 30.3 Å². The second kappa shape index (κ2) is 7.76. The molecule has 3 N–H and O–H groups in total. The first-order valence-corrected chi connectivity index (χ1v) is 6.90. The number of nitrogens with one attached hydrogen (secondary N) is 3. The van der Waals surface area contributed by atoms with Crippen LogP contribution in [0.5, 0.6) is 0 Å². The Morgan fingerprint density at radius 1 is 1.45 bits per heavy atom. The summed E-state index contributed by atoms with van der Waals surface area (Å²) in [6, 6.07) is 4.98. The van der Waals surface area contributed by atoms with Gasteiger partial charge < -0.3 is 15.5 Å². The molecule has 1 rings (SSSR count). The molecule has 0 radical (unpaired) electrons. The largest absolute Gasteiger partial charge is 0.362 e. The van der Waals surface area contributed by atoms with Gasteiger partial charge >= 0.3 is 0 Å². The number of nitro groups is 1. The van der Waals surface area contributed by atoms with Gasteiger partial charge in [0.2, 0.25) is 0 Å². The quantitative estimate of drug-likeness (QED) is 0.312. The lowest BCUT2D eigenvalue weighted by Crippen LogP contribution is -3.05. The average Bonchev–Trinajstić information content (AvgIpc) is 2.36. The molecule has 0 bridgehead atoms. The van der Waals surface area contributed by atoms with Crippen LogP contribution < -0.4 is 15.5 Å². The number of anilines is 1. The van der Waals surface area contributed by atoms with E-state index in [0.29, 0.717) is 16.4 Å². The Bertz CT molecular complexity index is 491. The zero-order valence-electron chi connectivity index (χ0n) is 12.0. The molecule has 0 aliphatic carbocycles. The number of quaternary nitrogens is 1. The summed E-state index contributed by atoms with van der Waals surface area (Å²) in [4.78, 5) is 11.9. The van der Waals surface area contributed by atoms with E-state index in [9.17, 15) is 10.1 Å². The lowest BCUT2D eigenvalue weighted by atomic mass is 10.2. The Hall–Kier alpha value is -1.73.